The summed E-state index contributed by atoms with van der Waals surface area (Å²) in [6.07, 6.45) is 1.93. The van der Waals surface area contributed by atoms with Crippen LogP contribution < -0.4 is 4.90 Å². The maximum absolute atomic E-state index is 8.42. The highest BCUT2D eigenvalue weighted by molar-refractivity contribution is 5.48. The first-order valence-corrected chi connectivity index (χ1v) is 3.36. The lowest BCUT2D eigenvalue weighted by Crippen LogP contribution is -2.09. The minimum absolute atomic E-state index is 0.334. The summed E-state index contributed by atoms with van der Waals surface area (Å²) >= 11 is 0. The zero-order chi connectivity index (χ0) is 8.27. The van der Waals surface area contributed by atoms with Crippen molar-refractivity contribution in [3.8, 4) is 6.07 Å². The van der Waals surface area contributed by atoms with E-state index in [4.69, 9.17) is 9.68 Å². The minimum atomic E-state index is 0.334. The van der Waals surface area contributed by atoms with Crippen molar-refractivity contribution < 1.29 is 4.42 Å². The standard InChI is InChI=1S/C8H10N2O/c1-10(2)7-4-6-11-8(7)3-5-9/h4,6H,3H2,1-2H3. The summed E-state index contributed by atoms with van der Waals surface area (Å²) in [7, 11) is 3.84. The Morgan fingerprint density at radius 2 is 2.36 bits per heavy atom. The Balaban J connectivity index is 2.89. The van der Waals surface area contributed by atoms with Crippen LogP contribution in [0.2, 0.25) is 0 Å². The predicted octanol–water partition coefficient (Wildman–Crippen LogP) is 1.41. The maximum atomic E-state index is 8.42. The zero-order valence-electron chi connectivity index (χ0n) is 6.66. The van der Waals surface area contributed by atoms with Gasteiger partial charge >= 0.3 is 0 Å². The van der Waals surface area contributed by atoms with Crippen LogP contribution in [-0.2, 0) is 6.42 Å². The van der Waals surface area contributed by atoms with Crippen LogP contribution in [0, 0.1) is 11.3 Å². The summed E-state index contributed by atoms with van der Waals surface area (Å²) in [4.78, 5) is 1.93. The largest absolute Gasteiger partial charge is 0.466 e. The van der Waals surface area contributed by atoms with Crippen molar-refractivity contribution in [3.05, 3.63) is 18.1 Å². The highest BCUT2D eigenvalue weighted by Crippen LogP contribution is 2.19. The fourth-order valence-corrected chi connectivity index (χ4v) is 0.936. The van der Waals surface area contributed by atoms with Crippen molar-refractivity contribution in [1.82, 2.24) is 0 Å². The molecular weight excluding hydrogens is 140 g/mol. The van der Waals surface area contributed by atoms with E-state index in [-0.39, 0.29) is 0 Å². The van der Waals surface area contributed by atoms with E-state index in [1.807, 2.05) is 31.1 Å². The third-order valence-corrected chi connectivity index (χ3v) is 1.44. The molecule has 0 amide bonds. The van der Waals surface area contributed by atoms with Gasteiger partial charge in [0.05, 0.1) is 24.4 Å². The van der Waals surface area contributed by atoms with E-state index >= 15 is 0 Å². The molecule has 11 heavy (non-hydrogen) atoms. The molecule has 0 atom stereocenters. The molecule has 0 saturated heterocycles. The molecule has 0 aromatic carbocycles. The van der Waals surface area contributed by atoms with E-state index in [0.717, 1.165) is 11.4 Å². The average Bonchev–Trinajstić information content (AvgIpc) is 2.36. The van der Waals surface area contributed by atoms with Crippen molar-refractivity contribution in [2.45, 2.75) is 6.42 Å². The Hall–Kier alpha value is -1.43. The average molecular weight is 150 g/mol. The van der Waals surface area contributed by atoms with Gasteiger partial charge in [-0.25, -0.2) is 0 Å². The Morgan fingerprint density at radius 1 is 1.64 bits per heavy atom. The smallest absolute Gasteiger partial charge is 0.141 e. The van der Waals surface area contributed by atoms with Gasteiger partial charge in [-0.15, -0.1) is 0 Å². The van der Waals surface area contributed by atoms with Crippen LogP contribution in [0.4, 0.5) is 5.69 Å². The molecule has 0 saturated carbocycles. The molecule has 0 aliphatic rings. The van der Waals surface area contributed by atoms with Gasteiger partial charge in [0.2, 0.25) is 0 Å². The first-order chi connectivity index (χ1) is 5.25. The molecule has 0 spiro atoms. The summed E-state index contributed by atoms with van der Waals surface area (Å²) in [5.74, 6) is 0.734. The predicted molar refractivity (Wildman–Crippen MR) is 42.4 cm³/mol. The molecule has 0 radical (unpaired) electrons. The highest BCUT2D eigenvalue weighted by Gasteiger charge is 2.06. The summed E-state index contributed by atoms with van der Waals surface area (Å²) in [5, 5.41) is 8.42. The van der Waals surface area contributed by atoms with Gasteiger partial charge in [-0.3, -0.25) is 0 Å². The van der Waals surface area contributed by atoms with E-state index in [2.05, 4.69) is 0 Å². The normalized spacial score (nSPS) is 9.18. The molecule has 0 fully saturated rings. The van der Waals surface area contributed by atoms with Gasteiger partial charge in [-0.05, 0) is 0 Å². The second kappa shape index (κ2) is 3.11. The molecule has 1 aromatic rings. The van der Waals surface area contributed by atoms with Gasteiger partial charge in [-0.2, -0.15) is 5.26 Å². The zero-order valence-corrected chi connectivity index (χ0v) is 6.66. The number of anilines is 1. The van der Waals surface area contributed by atoms with Gasteiger partial charge in [-0.1, -0.05) is 0 Å². The third-order valence-electron chi connectivity index (χ3n) is 1.44. The molecule has 58 valence electrons. The summed E-state index contributed by atoms with van der Waals surface area (Å²) in [5.41, 5.74) is 0.978. The quantitative estimate of drug-likeness (QED) is 0.640. The van der Waals surface area contributed by atoms with Crippen LogP contribution >= 0.6 is 0 Å². The number of rotatable bonds is 2. The minimum Gasteiger partial charge on any atom is -0.466 e. The summed E-state index contributed by atoms with van der Waals surface area (Å²) in [6, 6.07) is 3.90. The first kappa shape index (κ1) is 7.67. The number of nitrogens with zero attached hydrogens (tertiary/aromatic N) is 2. The van der Waals surface area contributed by atoms with E-state index < -0.39 is 0 Å². The van der Waals surface area contributed by atoms with Gasteiger partial charge < -0.3 is 9.32 Å². The summed E-state index contributed by atoms with van der Waals surface area (Å²) in [6.45, 7) is 0. The van der Waals surface area contributed by atoms with E-state index in [1.54, 1.807) is 6.26 Å². The lowest BCUT2D eigenvalue weighted by molar-refractivity contribution is 0.524. The Labute approximate surface area is 65.8 Å². The van der Waals surface area contributed by atoms with Gasteiger partial charge in [0.15, 0.2) is 0 Å². The van der Waals surface area contributed by atoms with Crippen LogP contribution in [0.1, 0.15) is 5.76 Å². The maximum Gasteiger partial charge on any atom is 0.141 e. The topological polar surface area (TPSA) is 40.2 Å². The lowest BCUT2D eigenvalue weighted by Gasteiger charge is -2.09. The van der Waals surface area contributed by atoms with Gasteiger partial charge in [0.1, 0.15) is 5.76 Å². The van der Waals surface area contributed by atoms with Gasteiger partial charge in [0, 0.05) is 20.2 Å². The van der Waals surface area contributed by atoms with Crippen LogP contribution in [0.25, 0.3) is 0 Å². The molecule has 0 aliphatic heterocycles. The van der Waals surface area contributed by atoms with Gasteiger partial charge in [0.25, 0.3) is 0 Å². The molecule has 0 N–H and O–H groups in total. The third kappa shape index (κ3) is 1.53. The number of hydrogen-bond donors (Lipinski definition) is 0. The van der Waals surface area contributed by atoms with Crippen molar-refractivity contribution in [2.24, 2.45) is 0 Å². The lowest BCUT2D eigenvalue weighted by atomic mass is 10.3. The molecule has 0 unspecified atom stereocenters. The van der Waals surface area contributed by atoms with Crippen molar-refractivity contribution in [3.63, 3.8) is 0 Å². The SMILES string of the molecule is CN(C)c1ccoc1CC#N. The van der Waals surface area contributed by atoms with Crippen LogP contribution in [0.15, 0.2) is 16.7 Å². The molecule has 1 rings (SSSR count). The fourth-order valence-electron chi connectivity index (χ4n) is 0.936. The number of furan rings is 1. The molecular formula is C8H10N2O. The Kier molecular flexibility index (Phi) is 2.17. The molecule has 1 aromatic heterocycles. The van der Waals surface area contributed by atoms with Crippen molar-refractivity contribution >= 4 is 5.69 Å². The van der Waals surface area contributed by atoms with Crippen molar-refractivity contribution in [1.29, 1.82) is 5.26 Å². The molecule has 3 nitrogen and oxygen atoms in total. The highest BCUT2D eigenvalue weighted by atomic mass is 16.3. The first-order valence-electron chi connectivity index (χ1n) is 3.36. The Bertz CT molecular complexity index is 270. The Morgan fingerprint density at radius 3 is 2.91 bits per heavy atom. The molecule has 1 heterocycles. The fraction of sp³-hybridized carbons (Fsp3) is 0.375. The monoisotopic (exact) mass is 150 g/mol. The van der Waals surface area contributed by atoms with E-state index in [1.165, 1.54) is 0 Å². The molecule has 0 aliphatic carbocycles. The van der Waals surface area contributed by atoms with Crippen LogP contribution in [0.3, 0.4) is 0 Å². The number of hydrogen-bond acceptors (Lipinski definition) is 3. The second-order valence-electron chi connectivity index (χ2n) is 2.46. The molecule has 0 bridgehead atoms. The van der Waals surface area contributed by atoms with E-state index in [9.17, 15) is 0 Å². The van der Waals surface area contributed by atoms with Crippen molar-refractivity contribution in [2.75, 3.05) is 19.0 Å². The van der Waals surface area contributed by atoms with Crippen LogP contribution in [0.5, 0.6) is 0 Å². The van der Waals surface area contributed by atoms with E-state index in [0.29, 0.717) is 6.42 Å². The summed E-state index contributed by atoms with van der Waals surface area (Å²) < 4.78 is 5.10. The number of nitriles is 1. The van der Waals surface area contributed by atoms with Crippen LogP contribution in [-0.4, -0.2) is 14.1 Å². The molecule has 3 heteroatoms. The second-order valence-corrected chi connectivity index (χ2v) is 2.46.